The summed E-state index contributed by atoms with van der Waals surface area (Å²) in [6, 6.07) is 22.5. The molecule has 1 heterocycles. The van der Waals surface area contributed by atoms with E-state index in [4.69, 9.17) is 14.2 Å². The zero-order valence-electron chi connectivity index (χ0n) is 23.5. The van der Waals surface area contributed by atoms with Crippen LogP contribution in [-0.2, 0) is 22.8 Å². The predicted molar refractivity (Wildman–Crippen MR) is 177 cm³/mol. The van der Waals surface area contributed by atoms with Crippen molar-refractivity contribution in [3.63, 3.8) is 0 Å². The van der Waals surface area contributed by atoms with Gasteiger partial charge in [0.05, 0.1) is 21.3 Å². The lowest BCUT2D eigenvalue weighted by Gasteiger charge is -2.26. The van der Waals surface area contributed by atoms with Gasteiger partial charge in [-0.05, 0) is 106 Å². The predicted octanol–water partition coefficient (Wildman–Crippen LogP) is 6.79. The molecule has 13 heteroatoms. The maximum Gasteiger partial charge on any atom is 0.335 e. The molecular weight excluding hydrogens is 761 g/mol. The monoisotopic (exact) mass is 783 g/mol. The number of anilines is 1. The summed E-state index contributed by atoms with van der Waals surface area (Å²) < 4.78 is 18.8. The molecule has 4 amide bonds. The number of nitro groups is 1. The van der Waals surface area contributed by atoms with Crippen molar-refractivity contribution in [2.24, 2.45) is 0 Å². The molecule has 1 N–H and O–H groups in total. The summed E-state index contributed by atoms with van der Waals surface area (Å²) in [5, 5.41) is 13.1. The average molecular weight is 784 g/mol. The highest BCUT2D eigenvalue weighted by atomic mass is 127. The van der Waals surface area contributed by atoms with E-state index in [0.717, 1.165) is 14.9 Å². The van der Waals surface area contributed by atoms with Crippen LogP contribution in [-0.4, -0.2) is 29.9 Å². The van der Waals surface area contributed by atoms with E-state index in [1.807, 2.05) is 46.9 Å². The molecular formula is C32H23BrIN3O8. The normalized spacial score (nSPS) is 13.9. The number of rotatable bonds is 10. The molecule has 45 heavy (non-hydrogen) atoms. The van der Waals surface area contributed by atoms with Crippen molar-refractivity contribution < 1.29 is 33.5 Å². The van der Waals surface area contributed by atoms with Gasteiger partial charge < -0.3 is 14.2 Å². The molecule has 0 aliphatic carbocycles. The summed E-state index contributed by atoms with van der Waals surface area (Å²) >= 11 is 5.44. The summed E-state index contributed by atoms with van der Waals surface area (Å²) in [5.74, 6) is -0.331. The molecule has 0 aromatic heterocycles. The van der Waals surface area contributed by atoms with Gasteiger partial charge in [0, 0.05) is 16.6 Å². The van der Waals surface area contributed by atoms with Crippen LogP contribution in [0.25, 0.3) is 6.08 Å². The number of carbonyl (C=O) groups is 3. The Bertz CT molecular complexity index is 1810. The number of non-ortho nitro benzene ring substituents is 1. The van der Waals surface area contributed by atoms with Crippen LogP contribution >= 0.6 is 38.5 Å². The van der Waals surface area contributed by atoms with Crippen LogP contribution in [0, 0.1) is 13.7 Å². The molecule has 0 saturated carbocycles. The maximum atomic E-state index is 13.4. The van der Waals surface area contributed by atoms with Crippen molar-refractivity contribution in [3.05, 3.63) is 125 Å². The number of benzene rings is 4. The Morgan fingerprint density at radius 1 is 0.911 bits per heavy atom. The van der Waals surface area contributed by atoms with E-state index >= 15 is 0 Å². The van der Waals surface area contributed by atoms with Gasteiger partial charge in [0.25, 0.3) is 17.5 Å². The van der Waals surface area contributed by atoms with Gasteiger partial charge in [-0.25, -0.2) is 9.69 Å². The molecule has 228 valence electrons. The van der Waals surface area contributed by atoms with Crippen molar-refractivity contribution in [3.8, 4) is 17.2 Å². The number of nitrogens with one attached hydrogen (secondary N) is 1. The molecule has 1 aliphatic heterocycles. The third-order valence-electron chi connectivity index (χ3n) is 6.61. The van der Waals surface area contributed by atoms with Gasteiger partial charge in [0.15, 0.2) is 11.5 Å². The number of amides is 4. The Labute approximate surface area is 279 Å². The number of barbiturate groups is 1. The molecule has 4 aromatic rings. The van der Waals surface area contributed by atoms with Crippen molar-refractivity contribution in [2.45, 2.75) is 13.2 Å². The lowest BCUT2D eigenvalue weighted by atomic mass is 10.1. The smallest absolute Gasteiger partial charge is 0.335 e. The number of hydrogen-bond donors (Lipinski definition) is 1. The summed E-state index contributed by atoms with van der Waals surface area (Å²) in [5.41, 5.74) is 2.13. The number of halogens is 2. The largest absolute Gasteiger partial charge is 0.493 e. The van der Waals surface area contributed by atoms with Gasteiger partial charge >= 0.3 is 6.03 Å². The molecule has 11 nitrogen and oxygen atoms in total. The third-order valence-corrected chi connectivity index (χ3v) is 7.94. The van der Waals surface area contributed by atoms with Crippen LogP contribution in [0.2, 0.25) is 0 Å². The Balaban J connectivity index is 1.32. The van der Waals surface area contributed by atoms with Crippen LogP contribution in [0.1, 0.15) is 16.7 Å². The number of hydrogen-bond acceptors (Lipinski definition) is 8. The Kier molecular flexibility index (Phi) is 9.78. The first kappa shape index (κ1) is 31.7. The van der Waals surface area contributed by atoms with Crippen molar-refractivity contribution in [1.82, 2.24) is 5.32 Å². The van der Waals surface area contributed by atoms with E-state index in [1.54, 1.807) is 48.5 Å². The Hall–Kier alpha value is -4.76. The van der Waals surface area contributed by atoms with E-state index in [0.29, 0.717) is 38.6 Å². The van der Waals surface area contributed by atoms with Crippen molar-refractivity contribution in [1.29, 1.82) is 0 Å². The molecule has 0 bridgehead atoms. The van der Waals surface area contributed by atoms with Crippen LogP contribution in [0.5, 0.6) is 17.2 Å². The Morgan fingerprint density at radius 2 is 1.53 bits per heavy atom. The zero-order chi connectivity index (χ0) is 32.1. The minimum absolute atomic E-state index is 0.0246. The summed E-state index contributed by atoms with van der Waals surface area (Å²) in [4.78, 5) is 50.2. The molecule has 1 aliphatic rings. The van der Waals surface area contributed by atoms with Gasteiger partial charge in [0.1, 0.15) is 24.5 Å². The number of carbonyl (C=O) groups excluding carboxylic acids is 3. The van der Waals surface area contributed by atoms with Crippen LogP contribution in [0.4, 0.5) is 16.2 Å². The molecule has 0 radical (unpaired) electrons. The van der Waals surface area contributed by atoms with Crippen molar-refractivity contribution in [2.75, 3.05) is 12.0 Å². The van der Waals surface area contributed by atoms with Crippen LogP contribution < -0.4 is 24.4 Å². The molecule has 5 rings (SSSR count). The van der Waals surface area contributed by atoms with Crippen LogP contribution in [0.15, 0.2) is 95.0 Å². The van der Waals surface area contributed by atoms with Gasteiger partial charge in [-0.15, -0.1) is 0 Å². The van der Waals surface area contributed by atoms with E-state index < -0.39 is 22.8 Å². The second kappa shape index (κ2) is 13.9. The van der Waals surface area contributed by atoms with Gasteiger partial charge in [0.2, 0.25) is 0 Å². The van der Waals surface area contributed by atoms with Gasteiger partial charge in [-0.1, -0.05) is 28.1 Å². The first-order chi connectivity index (χ1) is 21.6. The molecule has 1 saturated heterocycles. The van der Waals surface area contributed by atoms with Crippen LogP contribution in [0.3, 0.4) is 0 Å². The highest BCUT2D eigenvalue weighted by Gasteiger charge is 2.37. The third kappa shape index (κ3) is 7.49. The van der Waals surface area contributed by atoms with Gasteiger partial charge in [-0.2, -0.15) is 0 Å². The topological polar surface area (TPSA) is 137 Å². The molecule has 0 unspecified atom stereocenters. The fourth-order valence-corrected chi connectivity index (χ4v) is 5.38. The van der Waals surface area contributed by atoms with E-state index in [9.17, 15) is 24.5 Å². The molecule has 0 spiro atoms. The standard InChI is InChI=1S/C32H23BrIN3O8/c1-43-28-16-21(15-27(34)29(28)45-18-20-4-8-24(9-5-20)37(41)42)14-26-30(38)35-32(40)36(31(26)39)23-10-12-25(13-11-23)44-17-19-2-6-22(33)7-3-19/h2-16H,17-18H2,1H3,(H,35,38,40)/b26-14+. The SMILES string of the molecule is COc1cc(/C=C2\C(=O)NC(=O)N(c3ccc(OCc4ccc(Br)cc4)cc3)C2=O)cc(I)c1OCc1ccc([N+](=O)[O-])cc1. The first-order valence-electron chi connectivity index (χ1n) is 13.3. The number of ether oxygens (including phenoxy) is 3. The van der Waals surface area contributed by atoms with Gasteiger partial charge in [-0.3, -0.25) is 25.0 Å². The summed E-state index contributed by atoms with van der Waals surface area (Å²) in [7, 11) is 1.45. The summed E-state index contributed by atoms with van der Waals surface area (Å²) in [6.07, 6.45) is 1.37. The summed E-state index contributed by atoms with van der Waals surface area (Å²) in [6.45, 7) is 0.455. The van der Waals surface area contributed by atoms with E-state index in [-0.39, 0.29) is 23.6 Å². The Morgan fingerprint density at radius 3 is 2.16 bits per heavy atom. The fourth-order valence-electron chi connectivity index (χ4n) is 4.33. The van der Waals surface area contributed by atoms with E-state index in [1.165, 1.54) is 25.3 Å². The zero-order valence-corrected chi connectivity index (χ0v) is 27.2. The number of urea groups is 1. The second-order valence-electron chi connectivity index (χ2n) is 9.61. The average Bonchev–Trinajstić information content (AvgIpc) is 3.02. The number of imide groups is 2. The lowest BCUT2D eigenvalue weighted by molar-refractivity contribution is -0.384. The molecule has 4 aromatic carbocycles. The van der Waals surface area contributed by atoms with Crippen molar-refractivity contribution >= 4 is 73.8 Å². The van der Waals surface area contributed by atoms with E-state index in [2.05, 4.69) is 21.2 Å². The number of nitrogens with zero attached hydrogens (tertiary/aromatic N) is 2. The number of methoxy groups -OCH3 is 1. The number of nitro benzene ring substituents is 1. The highest BCUT2D eigenvalue weighted by Crippen LogP contribution is 2.36. The lowest BCUT2D eigenvalue weighted by Crippen LogP contribution is -2.54. The minimum atomic E-state index is -0.868. The molecule has 1 fully saturated rings. The first-order valence-corrected chi connectivity index (χ1v) is 15.1. The highest BCUT2D eigenvalue weighted by molar-refractivity contribution is 14.1. The second-order valence-corrected chi connectivity index (χ2v) is 11.7. The maximum absolute atomic E-state index is 13.4. The minimum Gasteiger partial charge on any atom is -0.493 e. The quantitative estimate of drug-likeness (QED) is 0.0610. The fraction of sp³-hybridized carbons (Fsp3) is 0.0938. The molecule has 0 atom stereocenters.